The highest BCUT2D eigenvalue weighted by Crippen LogP contribution is 2.35. The Morgan fingerprint density at radius 2 is 1.87 bits per heavy atom. The number of sulfonamides is 1. The molecule has 0 unspecified atom stereocenters. The fourth-order valence-electron chi connectivity index (χ4n) is 3.31. The Morgan fingerprint density at radius 3 is 2.67 bits per heavy atom. The van der Waals surface area contributed by atoms with Crippen molar-refractivity contribution in [2.75, 3.05) is 33.0 Å². The van der Waals surface area contributed by atoms with Gasteiger partial charge in [0, 0.05) is 23.6 Å². The van der Waals surface area contributed by atoms with Gasteiger partial charge in [0.2, 0.25) is 16.8 Å². The van der Waals surface area contributed by atoms with Crippen LogP contribution in [0.2, 0.25) is 0 Å². The number of fused-ring (bicyclic) bond motifs is 1. The second kappa shape index (κ2) is 8.83. The molecule has 2 aliphatic rings. The van der Waals surface area contributed by atoms with Crippen LogP contribution in [0.4, 0.5) is 0 Å². The predicted octanol–water partition coefficient (Wildman–Crippen LogP) is 2.77. The second-order valence-electron chi connectivity index (χ2n) is 6.87. The van der Waals surface area contributed by atoms with Gasteiger partial charge in [-0.15, -0.1) is 0 Å². The summed E-state index contributed by atoms with van der Waals surface area (Å²) in [6, 6.07) is 9.76. The second-order valence-corrected chi connectivity index (χ2v) is 9.66. The molecule has 160 valence electrons. The number of carbonyl (C=O) groups is 1. The SMILES string of the molecule is O=C(NCCOc1ccc2c(c1)OCO2)c1cc(S(=O)(=O)N2CCCC2)ccc1Br. The minimum absolute atomic E-state index is 0.120. The minimum atomic E-state index is -3.59. The van der Waals surface area contributed by atoms with E-state index in [1.54, 1.807) is 24.3 Å². The van der Waals surface area contributed by atoms with Crippen LogP contribution < -0.4 is 19.5 Å². The lowest BCUT2D eigenvalue weighted by atomic mass is 10.2. The smallest absolute Gasteiger partial charge is 0.252 e. The number of hydrogen-bond acceptors (Lipinski definition) is 6. The van der Waals surface area contributed by atoms with Crippen LogP contribution in [0, 0.1) is 0 Å². The van der Waals surface area contributed by atoms with Crippen molar-refractivity contribution in [3.8, 4) is 17.2 Å². The fraction of sp³-hybridized carbons (Fsp3) is 0.350. The van der Waals surface area contributed by atoms with E-state index in [0.717, 1.165) is 12.8 Å². The number of halogens is 1. The molecule has 0 aromatic heterocycles. The number of carbonyl (C=O) groups excluding carboxylic acids is 1. The molecule has 0 spiro atoms. The van der Waals surface area contributed by atoms with Crippen molar-refractivity contribution in [2.24, 2.45) is 0 Å². The van der Waals surface area contributed by atoms with Gasteiger partial charge >= 0.3 is 0 Å². The standard InChI is InChI=1S/C20H21BrN2O6S/c21-17-5-4-15(30(25,26)23-8-1-2-9-23)12-16(17)20(24)22-7-10-27-14-3-6-18-19(11-14)29-13-28-18/h3-6,11-12H,1-2,7-10,13H2,(H,22,24). The van der Waals surface area contributed by atoms with Gasteiger partial charge in [0.05, 0.1) is 17.0 Å². The number of nitrogens with one attached hydrogen (secondary N) is 1. The van der Waals surface area contributed by atoms with Gasteiger partial charge in [0.25, 0.3) is 5.91 Å². The molecule has 10 heteroatoms. The molecule has 0 radical (unpaired) electrons. The zero-order chi connectivity index (χ0) is 21.1. The maximum Gasteiger partial charge on any atom is 0.252 e. The van der Waals surface area contributed by atoms with Crippen molar-refractivity contribution in [3.05, 3.63) is 46.4 Å². The molecule has 1 saturated heterocycles. The Hall–Kier alpha value is -2.30. The van der Waals surface area contributed by atoms with Crippen LogP contribution in [-0.2, 0) is 10.0 Å². The Balaban J connectivity index is 1.36. The first-order valence-electron chi connectivity index (χ1n) is 9.55. The van der Waals surface area contributed by atoms with Crippen LogP contribution in [0.3, 0.4) is 0 Å². The summed E-state index contributed by atoms with van der Waals surface area (Å²) >= 11 is 3.33. The maximum absolute atomic E-state index is 12.8. The molecule has 2 aromatic carbocycles. The maximum atomic E-state index is 12.8. The van der Waals surface area contributed by atoms with Gasteiger partial charge in [-0.1, -0.05) is 0 Å². The molecule has 1 amide bonds. The van der Waals surface area contributed by atoms with Crippen molar-refractivity contribution >= 4 is 31.9 Å². The van der Waals surface area contributed by atoms with Crippen LogP contribution in [-0.4, -0.2) is 51.7 Å². The summed E-state index contributed by atoms with van der Waals surface area (Å²) in [7, 11) is -3.59. The lowest BCUT2D eigenvalue weighted by Gasteiger charge is -2.16. The summed E-state index contributed by atoms with van der Waals surface area (Å²) < 4.78 is 43.7. The lowest BCUT2D eigenvalue weighted by molar-refractivity contribution is 0.0946. The molecule has 30 heavy (non-hydrogen) atoms. The number of hydrogen-bond donors (Lipinski definition) is 1. The summed E-state index contributed by atoms with van der Waals surface area (Å²) in [5.74, 6) is 1.52. The number of benzene rings is 2. The van der Waals surface area contributed by atoms with Crippen LogP contribution in [0.15, 0.2) is 45.8 Å². The Morgan fingerprint density at radius 1 is 1.10 bits per heavy atom. The van der Waals surface area contributed by atoms with Crippen molar-refractivity contribution in [3.63, 3.8) is 0 Å². The minimum Gasteiger partial charge on any atom is -0.492 e. The molecular weight excluding hydrogens is 476 g/mol. The molecular formula is C20H21BrN2O6S. The molecule has 2 aliphatic heterocycles. The van der Waals surface area contributed by atoms with Gasteiger partial charge in [0.1, 0.15) is 12.4 Å². The molecule has 2 heterocycles. The Bertz CT molecular complexity index is 1050. The van der Waals surface area contributed by atoms with E-state index in [1.165, 1.54) is 16.4 Å². The Kier molecular flexibility index (Phi) is 6.16. The molecule has 4 rings (SSSR count). The van der Waals surface area contributed by atoms with Gasteiger partial charge in [-0.05, 0) is 59.1 Å². The summed E-state index contributed by atoms with van der Waals surface area (Å²) in [6.45, 7) is 1.71. The molecule has 2 aromatic rings. The lowest BCUT2D eigenvalue weighted by Crippen LogP contribution is -2.30. The number of amides is 1. The van der Waals surface area contributed by atoms with E-state index < -0.39 is 10.0 Å². The van der Waals surface area contributed by atoms with E-state index in [2.05, 4.69) is 21.2 Å². The highest BCUT2D eigenvalue weighted by Gasteiger charge is 2.28. The van der Waals surface area contributed by atoms with Crippen LogP contribution in [0.5, 0.6) is 17.2 Å². The third kappa shape index (κ3) is 4.40. The first kappa shape index (κ1) is 21.0. The zero-order valence-corrected chi connectivity index (χ0v) is 18.5. The normalized spacial score (nSPS) is 15.9. The zero-order valence-electron chi connectivity index (χ0n) is 16.1. The third-order valence-corrected chi connectivity index (χ3v) is 7.47. The van der Waals surface area contributed by atoms with E-state index >= 15 is 0 Å². The highest BCUT2D eigenvalue weighted by atomic mass is 79.9. The summed E-state index contributed by atoms with van der Waals surface area (Å²) in [6.07, 6.45) is 1.71. The predicted molar refractivity (Wildman–Crippen MR) is 113 cm³/mol. The van der Waals surface area contributed by atoms with Gasteiger partial charge in [0.15, 0.2) is 11.5 Å². The third-order valence-electron chi connectivity index (χ3n) is 4.89. The first-order valence-corrected chi connectivity index (χ1v) is 11.8. The van der Waals surface area contributed by atoms with Crippen molar-refractivity contribution in [2.45, 2.75) is 17.7 Å². The fourth-order valence-corrected chi connectivity index (χ4v) is 5.28. The topological polar surface area (TPSA) is 94.2 Å². The molecule has 1 N–H and O–H groups in total. The first-order chi connectivity index (χ1) is 14.4. The molecule has 0 saturated carbocycles. The Labute approximate surface area is 183 Å². The van der Waals surface area contributed by atoms with E-state index in [9.17, 15) is 13.2 Å². The molecule has 8 nitrogen and oxygen atoms in total. The van der Waals surface area contributed by atoms with Gasteiger partial charge in [-0.2, -0.15) is 4.31 Å². The molecule has 0 bridgehead atoms. The largest absolute Gasteiger partial charge is 0.492 e. The number of rotatable bonds is 7. The van der Waals surface area contributed by atoms with Crippen LogP contribution in [0.25, 0.3) is 0 Å². The van der Waals surface area contributed by atoms with Gasteiger partial charge in [-0.25, -0.2) is 8.42 Å². The van der Waals surface area contributed by atoms with E-state index in [-0.39, 0.29) is 36.3 Å². The van der Waals surface area contributed by atoms with Crippen LogP contribution >= 0.6 is 15.9 Å². The quantitative estimate of drug-likeness (QED) is 0.592. The van der Waals surface area contributed by atoms with Crippen molar-refractivity contribution < 1.29 is 27.4 Å². The van der Waals surface area contributed by atoms with E-state index in [4.69, 9.17) is 14.2 Å². The van der Waals surface area contributed by atoms with Gasteiger partial charge in [-0.3, -0.25) is 4.79 Å². The summed E-state index contributed by atoms with van der Waals surface area (Å²) in [5, 5.41) is 2.75. The monoisotopic (exact) mass is 496 g/mol. The number of nitrogens with zero attached hydrogens (tertiary/aromatic N) is 1. The number of ether oxygens (including phenoxy) is 3. The van der Waals surface area contributed by atoms with Crippen molar-refractivity contribution in [1.29, 1.82) is 0 Å². The highest BCUT2D eigenvalue weighted by molar-refractivity contribution is 9.10. The van der Waals surface area contributed by atoms with E-state index in [1.807, 2.05) is 0 Å². The van der Waals surface area contributed by atoms with Crippen molar-refractivity contribution in [1.82, 2.24) is 9.62 Å². The average Bonchev–Trinajstić information content (AvgIpc) is 3.43. The van der Waals surface area contributed by atoms with Crippen LogP contribution in [0.1, 0.15) is 23.2 Å². The summed E-state index contributed by atoms with van der Waals surface area (Å²) in [4.78, 5) is 12.7. The molecule has 0 aliphatic carbocycles. The van der Waals surface area contributed by atoms with Gasteiger partial charge < -0.3 is 19.5 Å². The summed E-state index contributed by atoms with van der Waals surface area (Å²) in [5.41, 5.74) is 0.262. The average molecular weight is 497 g/mol. The van der Waals surface area contributed by atoms with E-state index in [0.29, 0.717) is 34.8 Å². The molecule has 1 fully saturated rings. The molecule has 0 atom stereocenters.